The molecule has 1 unspecified atom stereocenters. The molecule has 0 fully saturated rings. The molecule has 0 spiro atoms. The van der Waals surface area contributed by atoms with Gasteiger partial charge in [0.2, 0.25) is 0 Å². The molecule has 0 saturated heterocycles. The molecule has 2 N–H and O–H groups in total. The predicted octanol–water partition coefficient (Wildman–Crippen LogP) is 0.806. The summed E-state index contributed by atoms with van der Waals surface area (Å²) in [4.78, 5) is 0. The van der Waals surface area contributed by atoms with Crippen LogP contribution in [0.15, 0.2) is 4.52 Å². The molecule has 0 radical (unpaired) electrons. The third kappa shape index (κ3) is 1.67. The Kier molecular flexibility index (Phi) is 2.84. The van der Waals surface area contributed by atoms with E-state index < -0.39 is 6.10 Å². The summed E-state index contributed by atoms with van der Waals surface area (Å²) in [5.74, 6) is 0.661. The van der Waals surface area contributed by atoms with Crippen molar-refractivity contribution >= 4 is 0 Å². The van der Waals surface area contributed by atoms with Crippen LogP contribution in [0.1, 0.15) is 36.0 Å². The van der Waals surface area contributed by atoms with E-state index >= 15 is 0 Å². The molecule has 4 nitrogen and oxygen atoms in total. The van der Waals surface area contributed by atoms with Crippen LogP contribution in [0.2, 0.25) is 0 Å². The number of rotatable bonds is 3. The van der Waals surface area contributed by atoms with Gasteiger partial charge in [-0.05, 0) is 32.7 Å². The molecule has 0 aromatic carbocycles. The summed E-state index contributed by atoms with van der Waals surface area (Å²) < 4.78 is 5.19. The third-order valence-electron chi connectivity index (χ3n) is 2.69. The number of aliphatic hydroxyl groups is 1. The van der Waals surface area contributed by atoms with Gasteiger partial charge < -0.3 is 14.9 Å². The normalized spacial score (nSPS) is 17.9. The Bertz CT molecular complexity index is 309. The van der Waals surface area contributed by atoms with Crippen molar-refractivity contribution in [2.75, 3.05) is 13.6 Å². The summed E-state index contributed by atoms with van der Waals surface area (Å²) in [6.45, 7) is 0.516. The largest absolute Gasteiger partial charge is 0.384 e. The maximum absolute atomic E-state index is 9.77. The number of nitrogens with zero attached hydrogens (tertiary/aromatic N) is 1. The molecule has 0 amide bonds. The van der Waals surface area contributed by atoms with E-state index in [0.717, 1.165) is 24.1 Å². The average molecular weight is 196 g/mol. The van der Waals surface area contributed by atoms with Crippen molar-refractivity contribution in [3.05, 3.63) is 17.0 Å². The van der Waals surface area contributed by atoms with Crippen molar-refractivity contribution in [2.24, 2.45) is 0 Å². The SMILES string of the molecule is CNCC(O)c1onc2c1CCCC2. The van der Waals surface area contributed by atoms with Crippen molar-refractivity contribution in [1.29, 1.82) is 0 Å². The minimum Gasteiger partial charge on any atom is -0.384 e. The van der Waals surface area contributed by atoms with Crippen molar-refractivity contribution < 1.29 is 9.63 Å². The number of fused-ring (bicyclic) bond motifs is 1. The van der Waals surface area contributed by atoms with Crippen LogP contribution >= 0.6 is 0 Å². The first kappa shape index (κ1) is 9.68. The van der Waals surface area contributed by atoms with Crippen LogP contribution in [-0.2, 0) is 12.8 Å². The van der Waals surface area contributed by atoms with Crippen LogP contribution in [0.4, 0.5) is 0 Å². The van der Waals surface area contributed by atoms with Crippen molar-refractivity contribution in [3.63, 3.8) is 0 Å². The Labute approximate surface area is 83.3 Å². The number of hydrogen-bond donors (Lipinski definition) is 2. The van der Waals surface area contributed by atoms with Crippen molar-refractivity contribution in [3.8, 4) is 0 Å². The van der Waals surface area contributed by atoms with E-state index in [1.807, 2.05) is 7.05 Å². The van der Waals surface area contributed by atoms with Gasteiger partial charge in [-0.15, -0.1) is 0 Å². The highest BCUT2D eigenvalue weighted by Crippen LogP contribution is 2.27. The van der Waals surface area contributed by atoms with E-state index in [1.54, 1.807) is 0 Å². The Balaban J connectivity index is 2.21. The molecule has 1 heterocycles. The highest BCUT2D eigenvalue weighted by molar-refractivity contribution is 5.27. The minimum absolute atomic E-state index is 0.516. The molecule has 0 aliphatic heterocycles. The summed E-state index contributed by atoms with van der Waals surface area (Å²) in [7, 11) is 1.81. The van der Waals surface area contributed by atoms with Gasteiger partial charge in [0.25, 0.3) is 0 Å². The van der Waals surface area contributed by atoms with Gasteiger partial charge >= 0.3 is 0 Å². The molecule has 0 bridgehead atoms. The highest BCUT2D eigenvalue weighted by atomic mass is 16.5. The van der Waals surface area contributed by atoms with E-state index in [0.29, 0.717) is 12.3 Å². The number of nitrogens with one attached hydrogen (secondary N) is 1. The number of aromatic nitrogens is 1. The lowest BCUT2D eigenvalue weighted by molar-refractivity contribution is 0.138. The van der Waals surface area contributed by atoms with Crippen LogP contribution < -0.4 is 5.32 Å². The Hall–Kier alpha value is -0.870. The second-order valence-electron chi connectivity index (χ2n) is 3.75. The fraction of sp³-hybridized carbons (Fsp3) is 0.700. The Morgan fingerprint density at radius 3 is 3.07 bits per heavy atom. The molecule has 1 aromatic rings. The van der Waals surface area contributed by atoms with E-state index in [4.69, 9.17) is 4.52 Å². The van der Waals surface area contributed by atoms with Crippen molar-refractivity contribution in [1.82, 2.24) is 10.5 Å². The van der Waals surface area contributed by atoms with Gasteiger partial charge in [0, 0.05) is 12.1 Å². The van der Waals surface area contributed by atoms with Crippen LogP contribution in [0, 0.1) is 0 Å². The predicted molar refractivity (Wildman–Crippen MR) is 52.0 cm³/mol. The smallest absolute Gasteiger partial charge is 0.169 e. The first-order valence-electron chi connectivity index (χ1n) is 5.13. The molecule has 1 aliphatic rings. The molecule has 4 heteroatoms. The maximum atomic E-state index is 9.77. The summed E-state index contributed by atoms with van der Waals surface area (Å²) in [5.41, 5.74) is 2.18. The van der Waals surface area contributed by atoms with Crippen LogP contribution in [0.3, 0.4) is 0 Å². The van der Waals surface area contributed by atoms with Gasteiger partial charge in [-0.25, -0.2) is 0 Å². The van der Waals surface area contributed by atoms with E-state index in [9.17, 15) is 5.11 Å². The van der Waals surface area contributed by atoms with Gasteiger partial charge in [-0.3, -0.25) is 0 Å². The van der Waals surface area contributed by atoms with Crippen LogP contribution in [-0.4, -0.2) is 23.9 Å². The lowest BCUT2D eigenvalue weighted by Gasteiger charge is -2.12. The molecular weight excluding hydrogens is 180 g/mol. The summed E-state index contributed by atoms with van der Waals surface area (Å²) in [5, 5.41) is 16.7. The number of aliphatic hydroxyl groups excluding tert-OH is 1. The number of likely N-dealkylation sites (N-methyl/N-ethyl adjacent to an activating group) is 1. The quantitative estimate of drug-likeness (QED) is 0.751. The molecule has 78 valence electrons. The van der Waals surface area contributed by atoms with E-state index in [1.165, 1.54) is 12.8 Å². The minimum atomic E-state index is -0.561. The zero-order chi connectivity index (χ0) is 9.97. The molecular formula is C10H16N2O2. The maximum Gasteiger partial charge on any atom is 0.169 e. The number of aryl methyl sites for hydroxylation is 1. The monoisotopic (exact) mass is 196 g/mol. The topological polar surface area (TPSA) is 58.3 Å². The van der Waals surface area contributed by atoms with Gasteiger partial charge in [0.1, 0.15) is 6.10 Å². The van der Waals surface area contributed by atoms with Crippen molar-refractivity contribution in [2.45, 2.75) is 31.8 Å². The molecule has 14 heavy (non-hydrogen) atoms. The lowest BCUT2D eigenvalue weighted by Crippen LogP contribution is -2.17. The van der Waals surface area contributed by atoms with Gasteiger partial charge in [-0.2, -0.15) is 0 Å². The molecule has 1 aliphatic carbocycles. The second kappa shape index (κ2) is 4.11. The van der Waals surface area contributed by atoms with Crippen LogP contribution in [0.25, 0.3) is 0 Å². The lowest BCUT2D eigenvalue weighted by atomic mass is 9.95. The molecule has 2 rings (SSSR count). The molecule has 0 saturated carbocycles. The summed E-state index contributed by atoms with van der Waals surface area (Å²) in [6.07, 6.45) is 3.78. The van der Waals surface area contributed by atoms with Crippen LogP contribution in [0.5, 0.6) is 0 Å². The van der Waals surface area contributed by atoms with Gasteiger partial charge in [-0.1, -0.05) is 5.16 Å². The molecule has 1 aromatic heterocycles. The van der Waals surface area contributed by atoms with E-state index in [2.05, 4.69) is 10.5 Å². The Morgan fingerprint density at radius 2 is 2.29 bits per heavy atom. The standard InChI is InChI=1S/C10H16N2O2/c1-11-6-9(13)10-7-4-2-3-5-8(7)12-14-10/h9,11,13H,2-6H2,1H3. The Morgan fingerprint density at radius 1 is 1.50 bits per heavy atom. The third-order valence-corrected chi connectivity index (χ3v) is 2.69. The fourth-order valence-electron chi connectivity index (χ4n) is 1.96. The first-order valence-corrected chi connectivity index (χ1v) is 5.13. The zero-order valence-corrected chi connectivity index (χ0v) is 8.42. The summed E-state index contributed by atoms with van der Waals surface area (Å²) >= 11 is 0. The average Bonchev–Trinajstić information content (AvgIpc) is 2.61. The fourth-order valence-corrected chi connectivity index (χ4v) is 1.96. The highest BCUT2D eigenvalue weighted by Gasteiger charge is 2.23. The molecule has 1 atom stereocenters. The summed E-state index contributed by atoms with van der Waals surface area (Å²) in [6, 6.07) is 0. The number of hydrogen-bond acceptors (Lipinski definition) is 4. The van der Waals surface area contributed by atoms with Gasteiger partial charge in [0.15, 0.2) is 5.76 Å². The first-order chi connectivity index (χ1) is 6.83. The second-order valence-corrected chi connectivity index (χ2v) is 3.75. The van der Waals surface area contributed by atoms with Gasteiger partial charge in [0.05, 0.1) is 5.69 Å². The zero-order valence-electron chi connectivity index (χ0n) is 8.42. The van der Waals surface area contributed by atoms with E-state index in [-0.39, 0.29) is 0 Å².